The number of nitrogens with zero attached hydrogens (tertiary/aromatic N) is 2. The van der Waals surface area contributed by atoms with E-state index in [2.05, 4.69) is 9.97 Å². The normalized spacial score (nSPS) is 10.2. The number of rotatable bonds is 4. The second kappa shape index (κ2) is 5.80. The largest absolute Gasteiger partial charge is 0.291 e. The van der Waals surface area contributed by atoms with Gasteiger partial charge in [-0.15, -0.1) is 11.8 Å². The van der Waals surface area contributed by atoms with Gasteiger partial charge in [0.2, 0.25) is 0 Å². The van der Waals surface area contributed by atoms with Crippen LogP contribution in [0.15, 0.2) is 47.8 Å². The summed E-state index contributed by atoms with van der Waals surface area (Å²) in [5.74, 6) is 0.255. The van der Waals surface area contributed by atoms with Gasteiger partial charge < -0.3 is 0 Å². The van der Waals surface area contributed by atoms with Crippen LogP contribution in [0.5, 0.6) is 0 Å². The lowest BCUT2D eigenvalue weighted by Crippen LogP contribution is -2.05. The Morgan fingerprint density at radius 3 is 2.82 bits per heavy atom. The molecule has 1 aromatic carbocycles. The van der Waals surface area contributed by atoms with E-state index in [1.807, 2.05) is 18.2 Å². The smallest absolute Gasteiger partial charge is 0.192 e. The molecule has 0 aliphatic heterocycles. The van der Waals surface area contributed by atoms with E-state index >= 15 is 0 Å². The first-order chi connectivity index (χ1) is 8.27. The van der Waals surface area contributed by atoms with Gasteiger partial charge in [0.15, 0.2) is 5.78 Å². The lowest BCUT2D eigenvalue weighted by molar-refractivity contribution is 0.101. The molecule has 0 fully saturated rings. The van der Waals surface area contributed by atoms with Crippen LogP contribution in [0.1, 0.15) is 10.5 Å². The van der Waals surface area contributed by atoms with Crippen LogP contribution in [0.2, 0.25) is 5.02 Å². The minimum atomic E-state index is -0.0528. The van der Waals surface area contributed by atoms with Gasteiger partial charge in [0.05, 0.1) is 17.0 Å². The molecule has 2 aromatic rings. The molecule has 0 saturated carbocycles. The summed E-state index contributed by atoms with van der Waals surface area (Å²) in [6, 6.07) is 7.44. The lowest BCUT2D eigenvalue weighted by atomic mass is 10.3. The van der Waals surface area contributed by atoms with Gasteiger partial charge in [-0.05, 0) is 12.1 Å². The van der Waals surface area contributed by atoms with E-state index in [-0.39, 0.29) is 5.78 Å². The molecule has 86 valence electrons. The molecule has 0 radical (unpaired) electrons. The molecule has 0 saturated heterocycles. The van der Waals surface area contributed by atoms with Crippen molar-refractivity contribution in [2.75, 3.05) is 5.75 Å². The van der Waals surface area contributed by atoms with Crippen molar-refractivity contribution in [2.45, 2.75) is 4.90 Å². The zero-order valence-corrected chi connectivity index (χ0v) is 10.4. The predicted octanol–water partition coefficient (Wildman–Crippen LogP) is 3.11. The average molecular weight is 265 g/mol. The quantitative estimate of drug-likeness (QED) is 0.629. The molecule has 17 heavy (non-hydrogen) atoms. The second-order valence-corrected chi connectivity index (χ2v) is 4.66. The fraction of sp³-hybridized carbons (Fsp3) is 0.0833. The highest BCUT2D eigenvalue weighted by Crippen LogP contribution is 2.26. The van der Waals surface area contributed by atoms with E-state index in [1.165, 1.54) is 30.4 Å². The Balaban J connectivity index is 2.00. The van der Waals surface area contributed by atoms with Crippen molar-refractivity contribution in [3.05, 3.63) is 53.6 Å². The average Bonchev–Trinajstić information content (AvgIpc) is 2.38. The number of halogens is 1. The number of thioether (sulfide) groups is 1. The summed E-state index contributed by atoms with van der Waals surface area (Å²) in [5, 5.41) is 0.657. The molecule has 0 amide bonds. The minimum Gasteiger partial charge on any atom is -0.291 e. The predicted molar refractivity (Wildman–Crippen MR) is 68.5 cm³/mol. The van der Waals surface area contributed by atoms with E-state index in [0.29, 0.717) is 16.5 Å². The van der Waals surface area contributed by atoms with Crippen LogP contribution in [0.25, 0.3) is 0 Å². The van der Waals surface area contributed by atoms with E-state index in [1.54, 1.807) is 6.07 Å². The number of ketones is 1. The zero-order valence-electron chi connectivity index (χ0n) is 8.84. The Labute approximate surface area is 108 Å². The molecule has 0 bridgehead atoms. The monoisotopic (exact) mass is 264 g/mol. The van der Waals surface area contributed by atoms with Crippen molar-refractivity contribution in [3.63, 3.8) is 0 Å². The number of Topliss-reactive ketones (excluding diaryl/α,β-unsaturated/α-hetero) is 1. The van der Waals surface area contributed by atoms with Gasteiger partial charge in [-0.1, -0.05) is 23.7 Å². The highest BCUT2D eigenvalue weighted by molar-refractivity contribution is 8.00. The molecule has 0 N–H and O–H groups in total. The van der Waals surface area contributed by atoms with E-state index in [9.17, 15) is 4.79 Å². The Bertz CT molecular complexity index is 519. The number of aromatic nitrogens is 2. The fourth-order valence-corrected chi connectivity index (χ4v) is 2.34. The molecule has 1 heterocycles. The molecule has 0 spiro atoms. The highest BCUT2D eigenvalue weighted by Gasteiger charge is 2.09. The highest BCUT2D eigenvalue weighted by atomic mass is 35.5. The summed E-state index contributed by atoms with van der Waals surface area (Å²) in [5.41, 5.74) is 0.382. The van der Waals surface area contributed by atoms with Crippen LogP contribution >= 0.6 is 23.4 Å². The summed E-state index contributed by atoms with van der Waals surface area (Å²) >= 11 is 7.39. The molecule has 0 aliphatic carbocycles. The van der Waals surface area contributed by atoms with Gasteiger partial charge in [0, 0.05) is 17.3 Å². The lowest BCUT2D eigenvalue weighted by Gasteiger charge is -2.02. The summed E-state index contributed by atoms with van der Waals surface area (Å²) in [6.45, 7) is 0. The van der Waals surface area contributed by atoms with Crippen LogP contribution in [0.3, 0.4) is 0 Å². The van der Waals surface area contributed by atoms with Crippen molar-refractivity contribution in [1.82, 2.24) is 9.97 Å². The van der Waals surface area contributed by atoms with E-state index < -0.39 is 0 Å². The first kappa shape index (κ1) is 12.1. The van der Waals surface area contributed by atoms with Gasteiger partial charge in [-0.2, -0.15) is 0 Å². The standard InChI is InChI=1S/C12H9ClN2OS/c13-9-3-1-2-4-12(9)17-8-11(16)10-7-14-5-6-15-10/h1-7H,8H2. The number of benzene rings is 1. The molecular formula is C12H9ClN2OS. The molecular weight excluding hydrogens is 256 g/mol. The minimum absolute atomic E-state index is 0.0528. The summed E-state index contributed by atoms with van der Waals surface area (Å²) < 4.78 is 0. The third kappa shape index (κ3) is 3.28. The van der Waals surface area contributed by atoms with Gasteiger partial charge in [-0.3, -0.25) is 9.78 Å². The van der Waals surface area contributed by atoms with Crippen LogP contribution in [0.4, 0.5) is 0 Å². The van der Waals surface area contributed by atoms with Gasteiger partial charge in [0.1, 0.15) is 5.69 Å². The number of hydrogen-bond acceptors (Lipinski definition) is 4. The number of carbonyl (C=O) groups excluding carboxylic acids is 1. The second-order valence-electron chi connectivity index (χ2n) is 3.23. The van der Waals surface area contributed by atoms with Gasteiger partial charge in [-0.25, -0.2) is 4.98 Å². The Morgan fingerprint density at radius 1 is 1.29 bits per heavy atom. The fourth-order valence-electron chi connectivity index (χ4n) is 1.22. The van der Waals surface area contributed by atoms with Gasteiger partial charge in [0.25, 0.3) is 0 Å². The third-order valence-electron chi connectivity index (χ3n) is 2.04. The van der Waals surface area contributed by atoms with Crippen molar-refractivity contribution in [2.24, 2.45) is 0 Å². The summed E-state index contributed by atoms with van der Waals surface area (Å²) in [7, 11) is 0. The number of hydrogen-bond donors (Lipinski definition) is 0. The zero-order chi connectivity index (χ0) is 12.1. The SMILES string of the molecule is O=C(CSc1ccccc1Cl)c1cnccn1. The Morgan fingerprint density at radius 2 is 2.12 bits per heavy atom. The van der Waals surface area contributed by atoms with Crippen molar-refractivity contribution in [3.8, 4) is 0 Å². The Kier molecular flexibility index (Phi) is 4.12. The number of carbonyl (C=O) groups is 1. The molecule has 5 heteroatoms. The molecule has 0 aliphatic rings. The van der Waals surface area contributed by atoms with Crippen LogP contribution in [0, 0.1) is 0 Å². The first-order valence-electron chi connectivity index (χ1n) is 4.94. The third-order valence-corrected chi connectivity index (χ3v) is 3.56. The maximum Gasteiger partial charge on any atom is 0.192 e. The first-order valence-corrected chi connectivity index (χ1v) is 6.30. The summed E-state index contributed by atoms with van der Waals surface area (Å²) in [6.07, 6.45) is 4.51. The van der Waals surface area contributed by atoms with Crippen molar-refractivity contribution < 1.29 is 4.79 Å². The van der Waals surface area contributed by atoms with Crippen LogP contribution in [-0.4, -0.2) is 21.5 Å². The van der Waals surface area contributed by atoms with Crippen molar-refractivity contribution >= 4 is 29.1 Å². The molecule has 0 unspecified atom stereocenters. The summed E-state index contributed by atoms with van der Waals surface area (Å²) in [4.78, 5) is 20.5. The molecule has 2 rings (SSSR count). The van der Waals surface area contributed by atoms with E-state index in [0.717, 1.165) is 4.90 Å². The maximum absolute atomic E-state index is 11.8. The van der Waals surface area contributed by atoms with Crippen LogP contribution in [-0.2, 0) is 0 Å². The topological polar surface area (TPSA) is 42.9 Å². The molecule has 1 aromatic heterocycles. The Hall–Kier alpha value is -1.39. The molecule has 3 nitrogen and oxygen atoms in total. The maximum atomic E-state index is 11.8. The van der Waals surface area contributed by atoms with Gasteiger partial charge >= 0.3 is 0 Å². The van der Waals surface area contributed by atoms with Crippen LogP contribution < -0.4 is 0 Å². The molecule has 0 atom stereocenters. The van der Waals surface area contributed by atoms with Crippen molar-refractivity contribution in [1.29, 1.82) is 0 Å². The van der Waals surface area contributed by atoms with E-state index in [4.69, 9.17) is 11.6 Å².